The second-order valence-corrected chi connectivity index (χ2v) is 6.66. The Balaban J connectivity index is 2.71. The van der Waals surface area contributed by atoms with Gasteiger partial charge in [0.2, 0.25) is 0 Å². The number of benzene rings is 1. The minimum atomic E-state index is -1.04. The molecule has 122 valence electrons. The number of carbonyl (C=O) groups is 2. The molecule has 0 saturated carbocycles. The number of aliphatic carboxylic acids is 1. The Morgan fingerprint density at radius 3 is 2.32 bits per heavy atom. The highest BCUT2D eigenvalue weighted by atomic mass is 16.5. The third kappa shape index (κ3) is 5.06. The summed E-state index contributed by atoms with van der Waals surface area (Å²) in [7, 11) is 0. The Kier molecular flexibility index (Phi) is 5.97. The van der Waals surface area contributed by atoms with Gasteiger partial charge in [-0.1, -0.05) is 52.8 Å². The van der Waals surface area contributed by atoms with E-state index >= 15 is 0 Å². The first-order valence-corrected chi connectivity index (χ1v) is 7.37. The Morgan fingerprint density at radius 2 is 1.82 bits per heavy atom. The summed E-state index contributed by atoms with van der Waals surface area (Å²) in [6.07, 6.45) is 0. The predicted molar refractivity (Wildman–Crippen MR) is 85.0 cm³/mol. The highest BCUT2D eigenvalue weighted by Crippen LogP contribution is 2.30. The van der Waals surface area contributed by atoms with Crippen molar-refractivity contribution >= 4 is 11.9 Å². The molecule has 0 bridgehead atoms. The zero-order valence-electron chi connectivity index (χ0n) is 13.8. The second-order valence-electron chi connectivity index (χ2n) is 6.66. The predicted octanol–water partition coefficient (Wildman–Crippen LogP) is 2.59. The first-order chi connectivity index (χ1) is 10.1. The van der Waals surface area contributed by atoms with Crippen LogP contribution in [-0.2, 0) is 15.0 Å². The number of carboxylic acids is 1. The molecule has 1 rings (SSSR count). The molecule has 0 radical (unpaired) electrons. The van der Waals surface area contributed by atoms with E-state index in [1.165, 1.54) is 0 Å². The fourth-order valence-corrected chi connectivity index (χ4v) is 2.08. The van der Waals surface area contributed by atoms with Gasteiger partial charge in [-0.15, -0.1) is 0 Å². The lowest BCUT2D eigenvalue weighted by atomic mass is 9.86. The molecule has 0 aromatic heterocycles. The van der Waals surface area contributed by atoms with Crippen molar-refractivity contribution in [3.8, 4) is 5.75 Å². The number of carboxylic acid groups (broad SMARTS) is 1. The molecule has 5 nitrogen and oxygen atoms in total. The first kappa shape index (κ1) is 18.0. The molecule has 0 aliphatic carbocycles. The van der Waals surface area contributed by atoms with Gasteiger partial charge in [-0.05, 0) is 23.0 Å². The van der Waals surface area contributed by atoms with E-state index in [9.17, 15) is 9.59 Å². The van der Waals surface area contributed by atoms with Crippen LogP contribution in [0.25, 0.3) is 0 Å². The molecule has 1 aromatic carbocycles. The van der Waals surface area contributed by atoms with E-state index < -0.39 is 17.9 Å². The molecule has 0 unspecified atom stereocenters. The monoisotopic (exact) mass is 307 g/mol. The number of carbonyl (C=O) groups excluding carboxylic acids is 1. The van der Waals surface area contributed by atoms with Crippen LogP contribution >= 0.6 is 0 Å². The van der Waals surface area contributed by atoms with Gasteiger partial charge in [0, 0.05) is 0 Å². The van der Waals surface area contributed by atoms with Gasteiger partial charge in [0.05, 0.1) is 0 Å². The number of rotatable bonds is 6. The van der Waals surface area contributed by atoms with Crippen molar-refractivity contribution in [2.45, 2.75) is 46.1 Å². The van der Waals surface area contributed by atoms with E-state index in [0.29, 0.717) is 5.75 Å². The summed E-state index contributed by atoms with van der Waals surface area (Å²) < 4.78 is 5.58. The van der Waals surface area contributed by atoms with E-state index in [4.69, 9.17) is 9.84 Å². The normalized spacial score (nSPS) is 12.8. The summed E-state index contributed by atoms with van der Waals surface area (Å²) >= 11 is 0. The maximum absolute atomic E-state index is 11.9. The van der Waals surface area contributed by atoms with E-state index in [1.807, 2.05) is 24.3 Å². The van der Waals surface area contributed by atoms with Gasteiger partial charge >= 0.3 is 5.97 Å². The van der Waals surface area contributed by atoms with Crippen molar-refractivity contribution in [3.05, 3.63) is 29.8 Å². The summed E-state index contributed by atoms with van der Waals surface area (Å²) in [5.41, 5.74) is 0.899. The molecule has 5 heteroatoms. The van der Waals surface area contributed by atoms with E-state index in [2.05, 4.69) is 26.1 Å². The Labute approximate surface area is 131 Å². The number of amides is 1. The smallest absolute Gasteiger partial charge is 0.326 e. The van der Waals surface area contributed by atoms with Gasteiger partial charge < -0.3 is 15.2 Å². The first-order valence-electron chi connectivity index (χ1n) is 7.37. The Morgan fingerprint density at radius 1 is 1.23 bits per heavy atom. The van der Waals surface area contributed by atoms with Crippen molar-refractivity contribution in [2.24, 2.45) is 5.92 Å². The van der Waals surface area contributed by atoms with Crippen LogP contribution in [0.2, 0.25) is 0 Å². The molecule has 0 aliphatic heterocycles. The molecule has 0 heterocycles. The third-order valence-corrected chi connectivity index (χ3v) is 3.30. The fraction of sp³-hybridized carbons (Fsp3) is 0.529. The Bertz CT molecular complexity index is 532. The lowest BCUT2D eigenvalue weighted by Gasteiger charge is -2.23. The van der Waals surface area contributed by atoms with Crippen LogP contribution in [0.4, 0.5) is 0 Å². The maximum Gasteiger partial charge on any atom is 0.326 e. The number of hydrogen-bond acceptors (Lipinski definition) is 3. The van der Waals surface area contributed by atoms with Crippen LogP contribution in [0.1, 0.15) is 40.2 Å². The van der Waals surface area contributed by atoms with Crippen LogP contribution in [0.5, 0.6) is 5.75 Å². The van der Waals surface area contributed by atoms with Crippen molar-refractivity contribution in [3.63, 3.8) is 0 Å². The van der Waals surface area contributed by atoms with Gasteiger partial charge in [-0.25, -0.2) is 4.79 Å². The SMILES string of the molecule is CC(C)[C@@H](NC(=O)COc1ccccc1C(C)(C)C)C(=O)O. The molecule has 1 amide bonds. The maximum atomic E-state index is 11.9. The largest absolute Gasteiger partial charge is 0.483 e. The van der Waals surface area contributed by atoms with Crippen LogP contribution in [0, 0.1) is 5.92 Å². The summed E-state index contributed by atoms with van der Waals surface area (Å²) in [6, 6.07) is 6.63. The van der Waals surface area contributed by atoms with Crippen LogP contribution in [0.15, 0.2) is 24.3 Å². The Hall–Kier alpha value is -2.04. The third-order valence-electron chi connectivity index (χ3n) is 3.30. The minimum absolute atomic E-state index is 0.103. The number of para-hydroxylation sites is 1. The molecule has 0 saturated heterocycles. The van der Waals surface area contributed by atoms with Crippen LogP contribution in [0.3, 0.4) is 0 Å². The summed E-state index contributed by atoms with van der Waals surface area (Å²) in [5, 5.41) is 11.6. The van der Waals surface area contributed by atoms with Crippen molar-refractivity contribution in [1.29, 1.82) is 0 Å². The van der Waals surface area contributed by atoms with E-state index in [1.54, 1.807) is 13.8 Å². The van der Waals surface area contributed by atoms with Gasteiger partial charge in [0.1, 0.15) is 11.8 Å². The lowest BCUT2D eigenvalue weighted by molar-refractivity contribution is -0.143. The average Bonchev–Trinajstić information content (AvgIpc) is 2.41. The van der Waals surface area contributed by atoms with E-state index in [-0.39, 0.29) is 17.9 Å². The number of hydrogen-bond donors (Lipinski definition) is 2. The molecule has 1 atom stereocenters. The van der Waals surface area contributed by atoms with Gasteiger partial charge in [0.15, 0.2) is 6.61 Å². The topological polar surface area (TPSA) is 75.6 Å². The van der Waals surface area contributed by atoms with Gasteiger partial charge in [-0.2, -0.15) is 0 Å². The molecule has 22 heavy (non-hydrogen) atoms. The quantitative estimate of drug-likeness (QED) is 0.847. The summed E-state index contributed by atoms with van der Waals surface area (Å²) in [6.45, 7) is 9.48. The fourth-order valence-electron chi connectivity index (χ4n) is 2.08. The zero-order valence-corrected chi connectivity index (χ0v) is 13.8. The van der Waals surface area contributed by atoms with Crippen molar-refractivity contribution < 1.29 is 19.4 Å². The second kappa shape index (κ2) is 7.29. The van der Waals surface area contributed by atoms with Gasteiger partial charge in [-0.3, -0.25) is 4.79 Å². The highest BCUT2D eigenvalue weighted by Gasteiger charge is 2.24. The highest BCUT2D eigenvalue weighted by molar-refractivity contribution is 5.84. The standard InChI is InChI=1S/C17H25NO4/c1-11(2)15(16(20)21)18-14(19)10-22-13-9-7-6-8-12(13)17(3,4)5/h6-9,11,15H,10H2,1-5H3,(H,18,19)(H,20,21)/t15-/m1/s1. The average molecular weight is 307 g/mol. The van der Waals surface area contributed by atoms with Gasteiger partial charge in [0.25, 0.3) is 5.91 Å². The lowest BCUT2D eigenvalue weighted by Crippen LogP contribution is -2.46. The molecule has 2 N–H and O–H groups in total. The number of ether oxygens (including phenoxy) is 1. The molecule has 0 aliphatic rings. The summed E-state index contributed by atoms with van der Waals surface area (Å²) in [4.78, 5) is 23.0. The molecular formula is C17H25NO4. The molecule has 0 spiro atoms. The van der Waals surface area contributed by atoms with Crippen molar-refractivity contribution in [2.75, 3.05) is 6.61 Å². The molecule has 1 aromatic rings. The minimum Gasteiger partial charge on any atom is -0.483 e. The van der Waals surface area contributed by atoms with Crippen molar-refractivity contribution in [1.82, 2.24) is 5.32 Å². The van der Waals surface area contributed by atoms with E-state index in [0.717, 1.165) is 5.56 Å². The zero-order chi connectivity index (χ0) is 16.9. The number of nitrogens with one attached hydrogen (secondary N) is 1. The van der Waals surface area contributed by atoms with Crippen LogP contribution in [-0.4, -0.2) is 29.6 Å². The summed E-state index contributed by atoms with van der Waals surface area (Å²) in [5.74, 6) is -1.03. The van der Waals surface area contributed by atoms with Crippen LogP contribution < -0.4 is 10.1 Å². The molecular weight excluding hydrogens is 282 g/mol. The molecule has 0 fully saturated rings.